The van der Waals surface area contributed by atoms with E-state index >= 15 is 0 Å². The number of hydrogen-bond donors (Lipinski definition) is 0. The zero-order valence-electron chi connectivity index (χ0n) is 30.8. The molecule has 0 N–H and O–H groups in total. The lowest BCUT2D eigenvalue weighted by molar-refractivity contribution is -0.0505. The number of piperazine rings is 2. The van der Waals surface area contributed by atoms with Gasteiger partial charge in [0, 0.05) is 64.4 Å². The summed E-state index contributed by atoms with van der Waals surface area (Å²) >= 11 is 0. The molecule has 2 heterocycles. The van der Waals surface area contributed by atoms with E-state index in [4.69, 9.17) is 0 Å². The van der Waals surface area contributed by atoms with Crippen LogP contribution < -0.4 is 9.47 Å². The molecular formula is C36H54Cl2F4N4O6S2. The molecule has 2 saturated heterocycles. The second-order valence-electron chi connectivity index (χ2n) is 14.4. The highest BCUT2D eigenvalue weighted by atomic mass is 35.5. The molecule has 4 aliphatic rings. The van der Waals surface area contributed by atoms with Gasteiger partial charge in [-0.05, 0) is 112 Å². The van der Waals surface area contributed by atoms with E-state index in [0.717, 1.165) is 38.0 Å². The summed E-state index contributed by atoms with van der Waals surface area (Å²) in [5, 5.41) is 0. The molecule has 2 aliphatic heterocycles. The van der Waals surface area contributed by atoms with Crippen molar-refractivity contribution in [2.45, 2.75) is 100 Å². The highest BCUT2D eigenvalue weighted by Crippen LogP contribution is 2.30. The van der Waals surface area contributed by atoms with Crippen LogP contribution in [0.3, 0.4) is 0 Å². The first-order chi connectivity index (χ1) is 24.7. The molecule has 18 heteroatoms. The number of alkyl halides is 4. The van der Waals surface area contributed by atoms with E-state index in [2.05, 4.69) is 33.1 Å². The van der Waals surface area contributed by atoms with Crippen LogP contribution in [-0.2, 0) is 20.0 Å². The maximum absolute atomic E-state index is 12.8. The average molecular weight is 850 g/mol. The van der Waals surface area contributed by atoms with Gasteiger partial charge in [-0.1, -0.05) is 13.8 Å². The van der Waals surface area contributed by atoms with Crippen LogP contribution in [0.2, 0.25) is 0 Å². The maximum atomic E-state index is 12.8. The highest BCUT2D eigenvalue weighted by Gasteiger charge is 2.34. The molecule has 2 saturated carbocycles. The number of halogens is 6. The van der Waals surface area contributed by atoms with Crippen LogP contribution in [0, 0.1) is 11.8 Å². The molecule has 0 unspecified atom stereocenters. The quantitative estimate of drug-likeness (QED) is 0.232. The molecule has 0 radical (unpaired) electrons. The Labute approximate surface area is 330 Å². The largest absolute Gasteiger partial charge is 0.435 e. The van der Waals surface area contributed by atoms with E-state index in [1.807, 2.05) is 0 Å². The number of nitrogens with zero attached hydrogens (tertiary/aromatic N) is 4. The zero-order valence-corrected chi connectivity index (χ0v) is 34.0. The van der Waals surface area contributed by atoms with Crippen LogP contribution in [0.4, 0.5) is 17.6 Å². The van der Waals surface area contributed by atoms with Gasteiger partial charge in [-0.2, -0.15) is 26.2 Å². The van der Waals surface area contributed by atoms with Gasteiger partial charge in [0.2, 0.25) is 20.0 Å². The molecule has 2 aliphatic carbocycles. The number of benzene rings is 2. The molecule has 0 amide bonds. The lowest BCUT2D eigenvalue weighted by atomic mass is 9.86. The molecule has 308 valence electrons. The molecule has 0 spiro atoms. The lowest BCUT2D eigenvalue weighted by Gasteiger charge is -2.41. The normalized spacial score (nSPS) is 25.2. The van der Waals surface area contributed by atoms with Crippen molar-refractivity contribution in [3.8, 4) is 11.5 Å². The Morgan fingerprint density at radius 1 is 0.500 bits per heavy atom. The van der Waals surface area contributed by atoms with E-state index in [0.29, 0.717) is 38.3 Å². The van der Waals surface area contributed by atoms with Gasteiger partial charge in [0.05, 0.1) is 9.79 Å². The second-order valence-corrected chi connectivity index (χ2v) is 18.3. The van der Waals surface area contributed by atoms with E-state index in [9.17, 15) is 34.4 Å². The van der Waals surface area contributed by atoms with Gasteiger partial charge in [0.1, 0.15) is 11.5 Å². The van der Waals surface area contributed by atoms with Crippen LogP contribution >= 0.6 is 24.8 Å². The van der Waals surface area contributed by atoms with Gasteiger partial charge in [-0.3, -0.25) is 9.80 Å². The predicted molar refractivity (Wildman–Crippen MR) is 204 cm³/mol. The third kappa shape index (κ3) is 12.5. The summed E-state index contributed by atoms with van der Waals surface area (Å²) in [6.45, 7) is 3.55. The first-order valence-corrected chi connectivity index (χ1v) is 21.2. The molecule has 6 rings (SSSR count). The maximum Gasteiger partial charge on any atom is 0.387 e. The summed E-state index contributed by atoms with van der Waals surface area (Å²) in [7, 11) is -7.21. The van der Waals surface area contributed by atoms with Crippen molar-refractivity contribution in [2.75, 3.05) is 52.4 Å². The molecule has 54 heavy (non-hydrogen) atoms. The van der Waals surface area contributed by atoms with E-state index < -0.39 is 33.3 Å². The third-order valence-electron chi connectivity index (χ3n) is 10.9. The van der Waals surface area contributed by atoms with Crippen molar-refractivity contribution in [1.29, 1.82) is 0 Å². The topological polar surface area (TPSA) is 99.7 Å². The van der Waals surface area contributed by atoms with Gasteiger partial charge in [-0.15, -0.1) is 24.8 Å². The Kier molecular flexibility index (Phi) is 18.1. The molecular weight excluding hydrogens is 795 g/mol. The Morgan fingerprint density at radius 2 is 0.778 bits per heavy atom. The minimum Gasteiger partial charge on any atom is -0.435 e. The SMILES string of the molecule is CC1CCC(N2CCN(S(=O)(=O)c3ccc(OC(F)F)cc3)CC2)CC1.CC1CCC(N2CCN(S(=O)(=O)c3ccc(OC(F)F)cc3)CC2)CC1.Cl.Cl. The number of rotatable bonds is 10. The van der Waals surface area contributed by atoms with Crippen molar-refractivity contribution >= 4 is 44.9 Å². The summed E-state index contributed by atoms with van der Waals surface area (Å²) in [5.41, 5.74) is 0. The summed E-state index contributed by atoms with van der Waals surface area (Å²) < 4.78 is 111. The molecule has 4 fully saturated rings. The van der Waals surface area contributed by atoms with Crippen molar-refractivity contribution in [3.63, 3.8) is 0 Å². The van der Waals surface area contributed by atoms with E-state index in [1.54, 1.807) is 0 Å². The number of sulfonamides is 2. The van der Waals surface area contributed by atoms with Gasteiger partial charge in [0.25, 0.3) is 0 Å². The third-order valence-corrected chi connectivity index (χ3v) is 14.7. The summed E-state index contributed by atoms with van der Waals surface area (Å²) in [4.78, 5) is 5.05. The van der Waals surface area contributed by atoms with E-state index in [-0.39, 0.29) is 46.1 Å². The van der Waals surface area contributed by atoms with Crippen molar-refractivity contribution in [2.24, 2.45) is 11.8 Å². The van der Waals surface area contributed by atoms with Crippen LogP contribution in [-0.4, -0.2) is 113 Å². The van der Waals surface area contributed by atoms with Crippen LogP contribution in [0.1, 0.15) is 65.2 Å². The fraction of sp³-hybridized carbons (Fsp3) is 0.667. The van der Waals surface area contributed by atoms with Crippen LogP contribution in [0.25, 0.3) is 0 Å². The van der Waals surface area contributed by atoms with Crippen molar-refractivity contribution in [1.82, 2.24) is 18.4 Å². The monoisotopic (exact) mass is 848 g/mol. The van der Waals surface area contributed by atoms with Crippen molar-refractivity contribution in [3.05, 3.63) is 48.5 Å². The Hall–Kier alpha value is -1.92. The van der Waals surface area contributed by atoms with Crippen molar-refractivity contribution < 1.29 is 43.9 Å². The molecule has 0 atom stereocenters. The summed E-state index contributed by atoms with van der Waals surface area (Å²) in [5.74, 6) is 1.50. The highest BCUT2D eigenvalue weighted by molar-refractivity contribution is 7.89. The van der Waals surface area contributed by atoms with Gasteiger partial charge in [0.15, 0.2) is 0 Å². The minimum absolute atomic E-state index is 0. The smallest absolute Gasteiger partial charge is 0.387 e. The van der Waals surface area contributed by atoms with Crippen LogP contribution in [0.15, 0.2) is 58.3 Å². The Balaban J connectivity index is 0.000000280. The summed E-state index contributed by atoms with van der Waals surface area (Å²) in [6, 6.07) is 11.5. The first-order valence-electron chi connectivity index (χ1n) is 18.3. The van der Waals surface area contributed by atoms with Gasteiger partial charge < -0.3 is 9.47 Å². The molecule has 2 aromatic carbocycles. The first kappa shape index (κ1) is 46.5. The predicted octanol–water partition coefficient (Wildman–Crippen LogP) is 7.19. The molecule has 0 aromatic heterocycles. The standard InChI is InChI=1S/2C18H26F2N2O3S.2ClH/c2*1-14-2-4-15(5-3-14)21-10-12-22(13-11-21)26(23,24)17-8-6-16(7-9-17)25-18(19)20;;/h2*6-9,14-15,18H,2-5,10-13H2,1H3;2*1H. The van der Waals surface area contributed by atoms with Gasteiger partial charge >= 0.3 is 13.2 Å². The number of hydrogen-bond acceptors (Lipinski definition) is 8. The molecule has 0 bridgehead atoms. The fourth-order valence-electron chi connectivity index (χ4n) is 7.72. The fourth-order valence-corrected chi connectivity index (χ4v) is 10.6. The van der Waals surface area contributed by atoms with Gasteiger partial charge in [-0.25, -0.2) is 16.8 Å². The minimum atomic E-state index is -3.61. The lowest BCUT2D eigenvalue weighted by Crippen LogP contribution is -2.52. The Bertz CT molecular complexity index is 1500. The zero-order chi connectivity index (χ0) is 37.5. The molecule has 2 aromatic rings. The number of ether oxygens (including phenoxy) is 2. The molecule has 10 nitrogen and oxygen atoms in total. The summed E-state index contributed by atoms with van der Waals surface area (Å²) in [6.07, 6.45) is 9.76. The second kappa shape index (κ2) is 21.0. The van der Waals surface area contributed by atoms with Crippen LogP contribution in [0.5, 0.6) is 11.5 Å². The Morgan fingerprint density at radius 3 is 1.04 bits per heavy atom. The average Bonchev–Trinajstić information content (AvgIpc) is 3.13. The van der Waals surface area contributed by atoms with E-state index in [1.165, 1.54) is 109 Å².